The second-order valence-electron chi connectivity index (χ2n) is 3.43. The molecule has 0 radical (unpaired) electrons. The molecule has 0 aliphatic rings. The van der Waals surface area contributed by atoms with Crippen LogP contribution in [0, 0.1) is 0 Å². The van der Waals surface area contributed by atoms with Crippen molar-refractivity contribution in [2.75, 3.05) is 0 Å². The van der Waals surface area contributed by atoms with E-state index < -0.39 is 5.38 Å². The minimum absolute atomic E-state index is 0.00489. The van der Waals surface area contributed by atoms with Gasteiger partial charge in [-0.3, -0.25) is 4.79 Å². The van der Waals surface area contributed by atoms with Crippen molar-refractivity contribution in [3.8, 4) is 0 Å². The fourth-order valence-electron chi connectivity index (χ4n) is 1.35. The zero-order valence-corrected chi connectivity index (χ0v) is 9.34. The molecule has 0 fully saturated rings. The third-order valence-corrected chi connectivity index (χ3v) is 2.34. The lowest BCUT2D eigenvalue weighted by Gasteiger charge is -2.03. The summed E-state index contributed by atoms with van der Waals surface area (Å²) in [6.45, 7) is 3.84. The third kappa shape index (κ3) is 2.85. The van der Waals surface area contributed by atoms with E-state index in [1.54, 1.807) is 6.92 Å². The van der Waals surface area contributed by atoms with E-state index in [0.717, 1.165) is 12.8 Å². The van der Waals surface area contributed by atoms with E-state index >= 15 is 0 Å². The van der Waals surface area contributed by atoms with E-state index in [2.05, 4.69) is 6.92 Å². The summed E-state index contributed by atoms with van der Waals surface area (Å²) in [5.41, 5.74) is 1.97. The van der Waals surface area contributed by atoms with Gasteiger partial charge < -0.3 is 0 Å². The molecule has 14 heavy (non-hydrogen) atoms. The highest BCUT2D eigenvalue weighted by Crippen LogP contribution is 2.11. The molecule has 1 nitrogen and oxygen atoms in total. The standard InChI is InChI=1S/C12H15ClO/c1-3-4-10-5-7-11(8-6-10)12(14)9(2)13/h5-9H,3-4H2,1-2H3/t9-/m0/s1. The Morgan fingerprint density at radius 3 is 2.36 bits per heavy atom. The molecule has 0 bridgehead atoms. The summed E-state index contributed by atoms with van der Waals surface area (Å²) in [6, 6.07) is 7.70. The zero-order valence-electron chi connectivity index (χ0n) is 8.59. The van der Waals surface area contributed by atoms with Crippen molar-refractivity contribution in [3.63, 3.8) is 0 Å². The van der Waals surface area contributed by atoms with Gasteiger partial charge in [0.1, 0.15) is 0 Å². The van der Waals surface area contributed by atoms with E-state index in [0.29, 0.717) is 5.56 Å². The minimum Gasteiger partial charge on any atom is -0.293 e. The Bertz CT molecular complexity index is 301. The number of rotatable bonds is 4. The lowest BCUT2D eigenvalue weighted by Crippen LogP contribution is -2.10. The highest BCUT2D eigenvalue weighted by atomic mass is 35.5. The van der Waals surface area contributed by atoms with Gasteiger partial charge in [0.05, 0.1) is 5.38 Å². The van der Waals surface area contributed by atoms with Crippen LogP contribution in [0.4, 0.5) is 0 Å². The first-order valence-electron chi connectivity index (χ1n) is 4.92. The van der Waals surface area contributed by atoms with Crippen LogP contribution in [-0.2, 0) is 6.42 Å². The summed E-state index contributed by atoms with van der Waals surface area (Å²) in [4.78, 5) is 11.5. The molecule has 0 heterocycles. The van der Waals surface area contributed by atoms with E-state index in [4.69, 9.17) is 11.6 Å². The second-order valence-corrected chi connectivity index (χ2v) is 4.08. The molecule has 0 unspecified atom stereocenters. The summed E-state index contributed by atoms with van der Waals surface area (Å²) in [5.74, 6) is -0.00489. The maximum absolute atomic E-state index is 11.5. The highest BCUT2D eigenvalue weighted by molar-refractivity contribution is 6.33. The molecular weight excluding hydrogens is 196 g/mol. The van der Waals surface area contributed by atoms with Crippen LogP contribution in [0.15, 0.2) is 24.3 Å². The molecule has 1 rings (SSSR count). The Labute approximate surface area is 90.1 Å². The number of Topliss-reactive ketones (excluding diaryl/α,β-unsaturated/α-hetero) is 1. The molecule has 0 spiro atoms. The number of ketones is 1. The molecule has 0 N–H and O–H groups in total. The van der Waals surface area contributed by atoms with Crippen molar-refractivity contribution in [1.29, 1.82) is 0 Å². The number of halogens is 1. The van der Waals surface area contributed by atoms with Gasteiger partial charge in [-0.15, -0.1) is 11.6 Å². The summed E-state index contributed by atoms with van der Waals surface area (Å²) in [6.07, 6.45) is 2.18. The van der Waals surface area contributed by atoms with Crippen LogP contribution in [0.5, 0.6) is 0 Å². The summed E-state index contributed by atoms with van der Waals surface area (Å²) in [7, 11) is 0. The van der Waals surface area contributed by atoms with Gasteiger partial charge in [0.2, 0.25) is 0 Å². The van der Waals surface area contributed by atoms with Gasteiger partial charge in [0, 0.05) is 5.56 Å². The molecule has 0 saturated heterocycles. The lowest BCUT2D eigenvalue weighted by atomic mass is 10.0. The van der Waals surface area contributed by atoms with Crippen LogP contribution < -0.4 is 0 Å². The van der Waals surface area contributed by atoms with E-state index in [1.165, 1.54) is 5.56 Å². The number of carbonyl (C=O) groups is 1. The quantitative estimate of drug-likeness (QED) is 0.550. The second kappa shape index (κ2) is 5.16. The lowest BCUT2D eigenvalue weighted by molar-refractivity contribution is 0.0992. The molecule has 1 atom stereocenters. The fourth-order valence-corrected chi connectivity index (χ4v) is 1.48. The van der Waals surface area contributed by atoms with Gasteiger partial charge in [-0.2, -0.15) is 0 Å². The van der Waals surface area contributed by atoms with Crippen LogP contribution in [0.1, 0.15) is 36.2 Å². The number of carbonyl (C=O) groups excluding carboxylic acids is 1. The Hall–Kier alpha value is -0.820. The average molecular weight is 211 g/mol. The Kier molecular flexibility index (Phi) is 4.15. The van der Waals surface area contributed by atoms with E-state index in [1.807, 2.05) is 24.3 Å². The van der Waals surface area contributed by atoms with Crippen LogP contribution in [0.25, 0.3) is 0 Å². The molecule has 0 amide bonds. The Morgan fingerprint density at radius 1 is 1.36 bits per heavy atom. The number of hydrogen-bond acceptors (Lipinski definition) is 1. The van der Waals surface area contributed by atoms with Crippen molar-refractivity contribution >= 4 is 17.4 Å². The normalized spacial score (nSPS) is 12.5. The smallest absolute Gasteiger partial charge is 0.180 e. The molecule has 2 heteroatoms. The topological polar surface area (TPSA) is 17.1 Å². The van der Waals surface area contributed by atoms with Gasteiger partial charge in [-0.25, -0.2) is 0 Å². The van der Waals surface area contributed by atoms with Gasteiger partial charge in [0.15, 0.2) is 5.78 Å². The van der Waals surface area contributed by atoms with Gasteiger partial charge >= 0.3 is 0 Å². The molecule has 0 saturated carbocycles. The summed E-state index contributed by atoms with van der Waals surface area (Å²) < 4.78 is 0. The van der Waals surface area contributed by atoms with E-state index in [-0.39, 0.29) is 5.78 Å². The number of benzene rings is 1. The van der Waals surface area contributed by atoms with Crippen molar-refractivity contribution in [1.82, 2.24) is 0 Å². The minimum atomic E-state index is -0.438. The summed E-state index contributed by atoms with van der Waals surface area (Å²) in [5, 5.41) is -0.438. The van der Waals surface area contributed by atoms with Crippen LogP contribution in [-0.4, -0.2) is 11.2 Å². The predicted molar refractivity (Wildman–Crippen MR) is 60.1 cm³/mol. The van der Waals surface area contributed by atoms with Crippen molar-refractivity contribution < 1.29 is 4.79 Å². The third-order valence-electron chi connectivity index (χ3n) is 2.14. The number of aryl methyl sites for hydroxylation is 1. The van der Waals surface area contributed by atoms with Gasteiger partial charge in [-0.1, -0.05) is 37.6 Å². The molecule has 1 aromatic carbocycles. The van der Waals surface area contributed by atoms with Crippen molar-refractivity contribution in [3.05, 3.63) is 35.4 Å². The SMILES string of the molecule is CCCc1ccc(C(=O)[C@H](C)Cl)cc1. The van der Waals surface area contributed by atoms with Gasteiger partial charge in [-0.05, 0) is 18.9 Å². The van der Waals surface area contributed by atoms with Crippen LogP contribution in [0.3, 0.4) is 0 Å². The predicted octanol–water partition coefficient (Wildman–Crippen LogP) is 3.45. The molecule has 0 aliphatic heterocycles. The fraction of sp³-hybridized carbons (Fsp3) is 0.417. The highest BCUT2D eigenvalue weighted by Gasteiger charge is 2.11. The molecule has 76 valence electrons. The van der Waals surface area contributed by atoms with E-state index in [9.17, 15) is 4.79 Å². The number of hydrogen-bond donors (Lipinski definition) is 0. The Morgan fingerprint density at radius 2 is 1.93 bits per heavy atom. The summed E-state index contributed by atoms with van der Waals surface area (Å²) >= 11 is 5.71. The van der Waals surface area contributed by atoms with Crippen molar-refractivity contribution in [2.24, 2.45) is 0 Å². The van der Waals surface area contributed by atoms with Crippen LogP contribution >= 0.6 is 11.6 Å². The zero-order chi connectivity index (χ0) is 10.6. The molecule has 1 aromatic rings. The largest absolute Gasteiger partial charge is 0.293 e. The monoisotopic (exact) mass is 210 g/mol. The maximum Gasteiger partial charge on any atom is 0.180 e. The van der Waals surface area contributed by atoms with Gasteiger partial charge in [0.25, 0.3) is 0 Å². The first-order valence-corrected chi connectivity index (χ1v) is 5.36. The Balaban J connectivity index is 2.78. The first kappa shape index (κ1) is 11.3. The average Bonchev–Trinajstić information content (AvgIpc) is 2.18. The maximum atomic E-state index is 11.5. The number of alkyl halides is 1. The first-order chi connectivity index (χ1) is 6.65. The molecule has 0 aliphatic carbocycles. The van der Waals surface area contributed by atoms with Crippen LogP contribution in [0.2, 0.25) is 0 Å². The molecule has 0 aromatic heterocycles. The molecular formula is C12H15ClO. The van der Waals surface area contributed by atoms with Crippen molar-refractivity contribution in [2.45, 2.75) is 32.1 Å².